The van der Waals surface area contributed by atoms with E-state index >= 15 is 0 Å². The van der Waals surface area contributed by atoms with Gasteiger partial charge in [0.15, 0.2) is 0 Å². The Balaban J connectivity index is 0.000000354. The van der Waals surface area contributed by atoms with Crippen LogP contribution in [0.1, 0.15) is 6.92 Å². The summed E-state index contributed by atoms with van der Waals surface area (Å²) in [7, 11) is -1.34. The van der Waals surface area contributed by atoms with Crippen molar-refractivity contribution in [3.05, 3.63) is 30.3 Å². The fraction of sp³-hybridized carbons (Fsp3) is 0.125. The molecule has 12 heavy (non-hydrogen) atoms. The topological polar surface area (TPSA) is 64.2 Å². The molecule has 3 nitrogen and oxygen atoms in total. The number of hydrogen-bond acceptors (Lipinski definition) is 3. The van der Waals surface area contributed by atoms with Gasteiger partial charge in [0, 0.05) is 6.92 Å². The molecule has 0 bridgehead atoms. The van der Waals surface area contributed by atoms with Crippen LogP contribution in [0.5, 0.6) is 0 Å². The summed E-state index contributed by atoms with van der Waals surface area (Å²) >= 11 is 0. The normalized spacial score (nSPS) is 7.50. The standard InChI is InChI=1S/C6H7BO2.C2H3N/c8-7(9)6-4-2-1-3-5-6;1-2-3/h1-5,8-9H;1H3. The quantitative estimate of drug-likeness (QED) is 0.568. The maximum atomic E-state index is 8.58. The van der Waals surface area contributed by atoms with Crippen LogP contribution >= 0.6 is 0 Å². The molecule has 4 heteroatoms. The van der Waals surface area contributed by atoms with Crippen LogP contribution in [0, 0.1) is 11.3 Å². The molecule has 1 aromatic carbocycles. The van der Waals surface area contributed by atoms with Gasteiger partial charge in [-0.1, -0.05) is 30.3 Å². The molecule has 0 fully saturated rings. The molecule has 0 saturated carbocycles. The third kappa shape index (κ3) is 4.50. The van der Waals surface area contributed by atoms with E-state index < -0.39 is 7.12 Å². The molecule has 0 aliphatic heterocycles. The van der Waals surface area contributed by atoms with Gasteiger partial charge in [-0.25, -0.2) is 0 Å². The molecule has 0 aliphatic carbocycles. The van der Waals surface area contributed by atoms with Crippen LogP contribution in [0.3, 0.4) is 0 Å². The van der Waals surface area contributed by atoms with Crippen molar-refractivity contribution in [2.75, 3.05) is 0 Å². The molecule has 62 valence electrons. The minimum atomic E-state index is -1.34. The number of rotatable bonds is 1. The molecule has 0 aliphatic rings. The predicted octanol–water partition coefficient (Wildman–Crippen LogP) is -0.104. The molecular weight excluding hydrogens is 153 g/mol. The molecule has 0 unspecified atom stereocenters. The maximum absolute atomic E-state index is 8.58. The van der Waals surface area contributed by atoms with Gasteiger partial charge in [0.1, 0.15) is 0 Å². The van der Waals surface area contributed by atoms with Gasteiger partial charge in [-0.05, 0) is 5.46 Å². The smallest absolute Gasteiger partial charge is 0.423 e. The highest BCUT2D eigenvalue weighted by Crippen LogP contribution is 1.82. The molecule has 0 aromatic heterocycles. The predicted molar refractivity (Wildman–Crippen MR) is 47.6 cm³/mol. The molecule has 0 amide bonds. The summed E-state index contributed by atoms with van der Waals surface area (Å²) in [5, 5.41) is 24.5. The van der Waals surface area contributed by atoms with Gasteiger partial charge in [0.25, 0.3) is 0 Å². The van der Waals surface area contributed by atoms with Crippen LogP contribution in [-0.2, 0) is 0 Å². The molecule has 1 rings (SSSR count). The highest BCUT2D eigenvalue weighted by atomic mass is 16.4. The van der Waals surface area contributed by atoms with E-state index in [4.69, 9.17) is 15.3 Å². The van der Waals surface area contributed by atoms with Crippen molar-refractivity contribution in [3.8, 4) is 6.07 Å². The zero-order chi connectivity index (χ0) is 9.40. The van der Waals surface area contributed by atoms with Crippen LogP contribution < -0.4 is 5.46 Å². The third-order valence-electron chi connectivity index (χ3n) is 1.10. The zero-order valence-corrected chi connectivity index (χ0v) is 6.81. The van der Waals surface area contributed by atoms with E-state index in [1.54, 1.807) is 30.3 Å². The monoisotopic (exact) mass is 163 g/mol. The van der Waals surface area contributed by atoms with E-state index in [2.05, 4.69) is 0 Å². The van der Waals surface area contributed by atoms with Crippen molar-refractivity contribution in [3.63, 3.8) is 0 Å². The second-order valence-corrected chi connectivity index (χ2v) is 2.01. The first-order valence-corrected chi connectivity index (χ1v) is 3.44. The first kappa shape index (κ1) is 10.7. The van der Waals surface area contributed by atoms with E-state index in [0.29, 0.717) is 5.46 Å². The van der Waals surface area contributed by atoms with Gasteiger partial charge in [-0.2, -0.15) is 5.26 Å². The first-order valence-electron chi connectivity index (χ1n) is 3.44. The summed E-state index contributed by atoms with van der Waals surface area (Å²) in [6.45, 7) is 1.43. The first-order chi connectivity index (χ1) is 5.72. The fourth-order valence-corrected chi connectivity index (χ4v) is 0.625. The van der Waals surface area contributed by atoms with E-state index in [1.165, 1.54) is 6.92 Å². The number of nitriles is 1. The molecule has 2 N–H and O–H groups in total. The summed E-state index contributed by atoms with van der Waals surface area (Å²) in [5.41, 5.74) is 0.525. The Morgan fingerprint density at radius 1 is 1.25 bits per heavy atom. The van der Waals surface area contributed by atoms with E-state index in [-0.39, 0.29) is 0 Å². The summed E-state index contributed by atoms with van der Waals surface area (Å²) < 4.78 is 0. The highest BCUT2D eigenvalue weighted by Gasteiger charge is 2.07. The molecule has 0 spiro atoms. The second kappa shape index (κ2) is 6.41. The van der Waals surface area contributed by atoms with Crippen LogP contribution in [0.15, 0.2) is 30.3 Å². The highest BCUT2D eigenvalue weighted by molar-refractivity contribution is 6.58. The second-order valence-electron chi connectivity index (χ2n) is 2.01. The zero-order valence-electron chi connectivity index (χ0n) is 6.81. The molecular formula is C8H10BNO2. The van der Waals surface area contributed by atoms with Crippen LogP contribution in [0.2, 0.25) is 0 Å². The minimum Gasteiger partial charge on any atom is -0.423 e. The Morgan fingerprint density at radius 2 is 1.67 bits per heavy atom. The Bertz CT molecular complexity index is 243. The molecule has 0 radical (unpaired) electrons. The van der Waals surface area contributed by atoms with Gasteiger partial charge in [0.2, 0.25) is 0 Å². The Hall–Kier alpha value is -1.31. The van der Waals surface area contributed by atoms with Gasteiger partial charge >= 0.3 is 7.12 Å². The van der Waals surface area contributed by atoms with E-state index in [1.807, 2.05) is 6.07 Å². The van der Waals surface area contributed by atoms with Gasteiger partial charge in [0.05, 0.1) is 6.07 Å². The van der Waals surface area contributed by atoms with Crippen molar-refractivity contribution in [1.82, 2.24) is 0 Å². The molecule has 0 atom stereocenters. The Kier molecular flexibility index (Phi) is 5.71. The lowest BCUT2D eigenvalue weighted by Crippen LogP contribution is -2.29. The van der Waals surface area contributed by atoms with Crippen LogP contribution in [-0.4, -0.2) is 17.2 Å². The number of benzene rings is 1. The summed E-state index contributed by atoms with van der Waals surface area (Å²) in [6, 6.07) is 10.4. The molecule has 0 heterocycles. The van der Waals surface area contributed by atoms with Crippen molar-refractivity contribution in [2.45, 2.75) is 6.92 Å². The van der Waals surface area contributed by atoms with Gasteiger partial charge in [-0.15, -0.1) is 0 Å². The Morgan fingerprint density at radius 3 is 1.92 bits per heavy atom. The van der Waals surface area contributed by atoms with E-state index in [0.717, 1.165) is 0 Å². The van der Waals surface area contributed by atoms with Crippen LogP contribution in [0.25, 0.3) is 0 Å². The number of nitrogens with zero attached hydrogens (tertiary/aromatic N) is 1. The lowest BCUT2D eigenvalue weighted by Gasteiger charge is -1.94. The van der Waals surface area contributed by atoms with Gasteiger partial charge in [-0.3, -0.25) is 0 Å². The molecule has 1 aromatic rings. The summed E-state index contributed by atoms with van der Waals surface area (Å²) in [5.74, 6) is 0. The largest absolute Gasteiger partial charge is 0.488 e. The third-order valence-corrected chi connectivity index (χ3v) is 1.10. The van der Waals surface area contributed by atoms with Crippen molar-refractivity contribution >= 4 is 12.6 Å². The van der Waals surface area contributed by atoms with Gasteiger partial charge < -0.3 is 10.0 Å². The van der Waals surface area contributed by atoms with Crippen LogP contribution in [0.4, 0.5) is 0 Å². The average molecular weight is 163 g/mol. The van der Waals surface area contributed by atoms with Crippen molar-refractivity contribution in [1.29, 1.82) is 5.26 Å². The maximum Gasteiger partial charge on any atom is 0.488 e. The summed E-state index contributed by atoms with van der Waals surface area (Å²) in [6.07, 6.45) is 0. The SMILES string of the molecule is CC#N.OB(O)c1ccccc1. The summed E-state index contributed by atoms with van der Waals surface area (Å²) in [4.78, 5) is 0. The van der Waals surface area contributed by atoms with Crippen molar-refractivity contribution in [2.24, 2.45) is 0 Å². The van der Waals surface area contributed by atoms with E-state index in [9.17, 15) is 0 Å². The Labute approximate surface area is 72.0 Å². The lowest BCUT2D eigenvalue weighted by atomic mass is 9.81. The number of hydrogen-bond donors (Lipinski definition) is 2. The average Bonchev–Trinajstić information content (AvgIpc) is 2.07. The lowest BCUT2D eigenvalue weighted by molar-refractivity contribution is 0.426. The molecule has 0 saturated heterocycles. The minimum absolute atomic E-state index is 0.525. The fourth-order valence-electron chi connectivity index (χ4n) is 0.625. The van der Waals surface area contributed by atoms with Crippen molar-refractivity contribution < 1.29 is 10.0 Å².